The first kappa shape index (κ1) is 50.3. The minimum absolute atomic E-state index is 0.0484. The average molecular weight is 1040 g/mol. The molecule has 1 aliphatic carbocycles. The lowest BCUT2D eigenvalue weighted by Crippen LogP contribution is -2.54. The summed E-state index contributed by atoms with van der Waals surface area (Å²) in [5.41, 5.74) is 14.4. The van der Waals surface area contributed by atoms with Crippen molar-refractivity contribution in [1.29, 1.82) is 0 Å². The number of phenolic OH excluding ortho intramolecular Hbond substituents is 1. The first-order valence-electron chi connectivity index (χ1n) is 26.5. The summed E-state index contributed by atoms with van der Waals surface area (Å²) in [4.78, 5) is 46.8. The number of thiazole rings is 1. The summed E-state index contributed by atoms with van der Waals surface area (Å²) in [5.74, 6) is 1.38. The third-order valence-electron chi connectivity index (χ3n) is 16.1. The molecular formula is C56H67N11O7S. The fourth-order valence-corrected chi connectivity index (χ4v) is 12.6. The number of aliphatic hydroxyl groups excluding tert-OH is 1. The van der Waals surface area contributed by atoms with Crippen LogP contribution in [-0.2, 0) is 14.3 Å². The zero-order valence-electron chi connectivity index (χ0n) is 43.0. The van der Waals surface area contributed by atoms with Crippen molar-refractivity contribution >= 4 is 46.2 Å². The molecule has 11 rings (SSSR count). The molecule has 0 spiro atoms. The number of hydrogen-bond acceptors (Lipinski definition) is 17. The van der Waals surface area contributed by atoms with E-state index >= 15 is 0 Å². The Morgan fingerprint density at radius 1 is 0.893 bits per heavy atom. The first-order chi connectivity index (χ1) is 36.3. The van der Waals surface area contributed by atoms with Crippen molar-refractivity contribution in [3.05, 3.63) is 102 Å². The van der Waals surface area contributed by atoms with E-state index in [2.05, 4.69) is 57.5 Å². The van der Waals surface area contributed by atoms with E-state index in [1.54, 1.807) is 23.5 Å². The number of anilines is 4. The van der Waals surface area contributed by atoms with Crippen LogP contribution >= 0.6 is 11.3 Å². The summed E-state index contributed by atoms with van der Waals surface area (Å²) in [5, 5.41) is 37.3. The van der Waals surface area contributed by atoms with E-state index in [1.165, 1.54) is 4.90 Å². The minimum atomic E-state index is -0.812. The molecule has 2 aromatic carbocycles. The molecule has 5 aliphatic rings. The maximum absolute atomic E-state index is 14.4. The summed E-state index contributed by atoms with van der Waals surface area (Å²) < 4.78 is 18.8. The largest absolute Gasteiger partial charge is 0.507 e. The number of hydrogen-bond donors (Lipinski definition) is 4. The quantitative estimate of drug-likeness (QED) is 0.0736. The van der Waals surface area contributed by atoms with Gasteiger partial charge in [-0.05, 0) is 86.8 Å². The minimum Gasteiger partial charge on any atom is -0.507 e. The lowest BCUT2D eigenvalue weighted by molar-refractivity contribution is -0.141. The number of aromatic nitrogens is 5. The number of piperazine rings is 1. The van der Waals surface area contributed by atoms with Gasteiger partial charge in [0, 0.05) is 100 Å². The molecule has 75 heavy (non-hydrogen) atoms. The van der Waals surface area contributed by atoms with Gasteiger partial charge in [-0.3, -0.25) is 9.59 Å². The van der Waals surface area contributed by atoms with Gasteiger partial charge in [-0.2, -0.15) is 0 Å². The Hall–Kier alpha value is -6.83. The van der Waals surface area contributed by atoms with Gasteiger partial charge in [0.15, 0.2) is 17.4 Å². The van der Waals surface area contributed by atoms with Crippen LogP contribution in [0.2, 0.25) is 0 Å². The zero-order chi connectivity index (χ0) is 51.9. The monoisotopic (exact) mass is 1040 g/mol. The standard InChI is InChI=1S/C56H67N11O7S/c1-32(2)52(56(71)66-29-41(68)22-47(66)55(70)60-33(3)36-9-11-37(12-10-36)53-34(4)59-31-75-53)49-26-50(63-74-49)64-19-16-35(17-20-64)30-72-42-23-43(24-42)73-51-21-38(15-18-58-51)67-39-13-14-40(67)28-65(27-39)46-25-45(61-62-54(46)57)44-7-5-6-8-48(44)69/h5-12,15,18,21,25-26,31-33,35,39-43,47,52,68-69H,13-14,16-17,19-20,22-24,27-30H2,1-4H3,(H2,57,62)(H,60,70)/t33-,39?,40?,41+,42?,43?,47-,52+/m0/s1. The molecule has 6 atom stereocenters. The number of aromatic hydroxyl groups is 1. The molecule has 18 nitrogen and oxygen atoms in total. The maximum atomic E-state index is 14.4. The fourth-order valence-electron chi connectivity index (χ4n) is 11.8. The Kier molecular flexibility index (Phi) is 14.4. The number of fused-ring (bicyclic) bond motifs is 2. The highest BCUT2D eigenvalue weighted by atomic mass is 32.1. The van der Waals surface area contributed by atoms with Crippen LogP contribution in [0.5, 0.6) is 11.6 Å². The molecule has 19 heteroatoms. The summed E-state index contributed by atoms with van der Waals surface area (Å²) in [6, 6.07) is 22.6. The number of nitrogens with two attached hydrogens (primary N) is 1. The predicted molar refractivity (Wildman–Crippen MR) is 287 cm³/mol. The van der Waals surface area contributed by atoms with Crippen LogP contribution in [0, 0.1) is 18.8 Å². The molecular weight excluding hydrogens is 971 g/mol. The molecule has 4 saturated heterocycles. The van der Waals surface area contributed by atoms with E-state index in [0.717, 1.165) is 97.8 Å². The second-order valence-corrected chi connectivity index (χ2v) is 22.3. The third kappa shape index (κ3) is 10.6. The van der Waals surface area contributed by atoms with Gasteiger partial charge in [0.05, 0.1) is 45.7 Å². The summed E-state index contributed by atoms with van der Waals surface area (Å²) in [6.45, 7) is 11.8. The number of para-hydroxylation sites is 1. The molecule has 5 N–H and O–H groups in total. The molecule has 5 fully saturated rings. The number of carbonyl (C=O) groups excluding carboxylic acids is 2. The van der Waals surface area contributed by atoms with Crippen molar-refractivity contribution in [3.8, 4) is 33.3 Å². The second-order valence-electron chi connectivity index (χ2n) is 21.5. The number of nitrogen functional groups attached to an aromatic ring is 1. The van der Waals surface area contributed by atoms with Gasteiger partial charge in [-0.1, -0.05) is 55.4 Å². The van der Waals surface area contributed by atoms with Crippen LogP contribution < -0.4 is 30.5 Å². The normalized spacial score (nSPS) is 23.6. The molecule has 2 amide bonds. The third-order valence-corrected chi connectivity index (χ3v) is 17.0. The fraction of sp³-hybridized carbons (Fsp3) is 0.482. The van der Waals surface area contributed by atoms with E-state index in [-0.39, 0.29) is 66.8 Å². The Bertz CT molecular complexity index is 2960. The molecule has 2 unspecified atom stereocenters. The molecule has 8 heterocycles. The number of likely N-dealkylation sites (tertiary alicyclic amines) is 1. The van der Waals surface area contributed by atoms with Gasteiger partial charge in [-0.25, -0.2) is 9.97 Å². The van der Waals surface area contributed by atoms with Gasteiger partial charge in [0.2, 0.25) is 17.7 Å². The van der Waals surface area contributed by atoms with E-state index < -0.39 is 18.1 Å². The Balaban J connectivity index is 0.627. The smallest absolute Gasteiger partial charge is 0.243 e. The van der Waals surface area contributed by atoms with Crippen LogP contribution in [-0.4, -0.2) is 128 Å². The number of β-amino-alcohol motifs (C(OH)–C–C–N with tert-alkyl or cyclic N) is 1. The number of amides is 2. The highest BCUT2D eigenvalue weighted by molar-refractivity contribution is 7.13. The summed E-state index contributed by atoms with van der Waals surface area (Å²) in [7, 11) is 0. The van der Waals surface area contributed by atoms with Crippen molar-refractivity contribution in [2.45, 2.75) is 121 Å². The number of aliphatic hydroxyl groups is 1. The van der Waals surface area contributed by atoms with Crippen molar-refractivity contribution in [1.82, 2.24) is 35.5 Å². The van der Waals surface area contributed by atoms with Crippen molar-refractivity contribution in [2.75, 3.05) is 59.8 Å². The van der Waals surface area contributed by atoms with Crippen LogP contribution in [0.15, 0.2) is 89.0 Å². The molecule has 2 bridgehead atoms. The van der Waals surface area contributed by atoms with Crippen molar-refractivity contribution in [2.24, 2.45) is 11.8 Å². The highest BCUT2D eigenvalue weighted by Crippen LogP contribution is 2.41. The van der Waals surface area contributed by atoms with E-state index in [1.807, 2.05) is 87.9 Å². The first-order valence-corrected chi connectivity index (χ1v) is 27.4. The Morgan fingerprint density at radius 3 is 2.37 bits per heavy atom. The van der Waals surface area contributed by atoms with Gasteiger partial charge >= 0.3 is 0 Å². The number of carbonyl (C=O) groups is 2. The number of ether oxygens (including phenoxy) is 2. The predicted octanol–water partition coefficient (Wildman–Crippen LogP) is 7.53. The molecule has 0 radical (unpaired) electrons. The molecule has 6 aromatic rings. The van der Waals surface area contributed by atoms with Crippen LogP contribution in [0.25, 0.3) is 21.7 Å². The van der Waals surface area contributed by atoms with E-state index in [9.17, 15) is 19.8 Å². The summed E-state index contributed by atoms with van der Waals surface area (Å²) >= 11 is 1.60. The number of pyridine rings is 1. The maximum Gasteiger partial charge on any atom is 0.243 e. The van der Waals surface area contributed by atoms with Crippen molar-refractivity contribution in [3.63, 3.8) is 0 Å². The van der Waals surface area contributed by atoms with Gasteiger partial charge < -0.3 is 54.9 Å². The lowest BCUT2D eigenvalue weighted by Gasteiger charge is -2.43. The number of benzene rings is 2. The summed E-state index contributed by atoms with van der Waals surface area (Å²) in [6.07, 6.45) is 7.04. The number of nitrogens with one attached hydrogen (secondary N) is 1. The highest BCUT2D eigenvalue weighted by Gasteiger charge is 2.45. The van der Waals surface area contributed by atoms with E-state index in [0.29, 0.717) is 47.1 Å². The lowest BCUT2D eigenvalue weighted by atomic mass is 9.91. The van der Waals surface area contributed by atoms with Gasteiger partial charge in [0.25, 0.3) is 0 Å². The van der Waals surface area contributed by atoms with Gasteiger partial charge in [-0.15, -0.1) is 21.5 Å². The second kappa shape index (κ2) is 21.4. The molecule has 4 aromatic heterocycles. The Labute approximate surface area is 441 Å². The zero-order valence-corrected chi connectivity index (χ0v) is 43.8. The molecule has 4 aliphatic heterocycles. The SMILES string of the molecule is Cc1ncsc1-c1ccc([C@H](C)NC(=O)[C@@H]2C[C@@H](O)CN2C(=O)[C@@H](c2cc(N3CCC(COC4CC(Oc5cc(N6C7CCC6CN(c6cc(-c8ccccc8O)nnc6N)C7)ccn5)C4)CC3)no2)C(C)C)cc1. The van der Waals surface area contributed by atoms with Crippen LogP contribution in [0.1, 0.15) is 94.7 Å². The van der Waals surface area contributed by atoms with Crippen LogP contribution in [0.3, 0.4) is 0 Å². The number of nitrogens with zero attached hydrogens (tertiary/aromatic N) is 9. The number of rotatable bonds is 16. The molecule has 1 saturated carbocycles. The van der Waals surface area contributed by atoms with Crippen LogP contribution in [0.4, 0.5) is 23.0 Å². The number of aryl methyl sites for hydroxylation is 1. The van der Waals surface area contributed by atoms with Crippen molar-refractivity contribution < 1.29 is 33.8 Å². The Morgan fingerprint density at radius 2 is 1.65 bits per heavy atom. The topological polar surface area (TPSA) is 222 Å². The number of piperidine rings is 1. The molecule has 394 valence electrons. The number of phenols is 1. The average Bonchev–Trinajstić information content (AvgIpc) is 4.21. The van der Waals surface area contributed by atoms with E-state index in [4.69, 9.17) is 19.7 Å². The van der Waals surface area contributed by atoms with Gasteiger partial charge in [0.1, 0.15) is 23.8 Å².